The van der Waals surface area contributed by atoms with E-state index in [2.05, 4.69) is 20.8 Å². The second-order valence-electron chi connectivity index (χ2n) is 7.96. The van der Waals surface area contributed by atoms with E-state index in [0.717, 1.165) is 5.56 Å². The van der Waals surface area contributed by atoms with Crippen LogP contribution >= 0.6 is 0 Å². The van der Waals surface area contributed by atoms with Crippen molar-refractivity contribution in [3.05, 3.63) is 35.4 Å². The van der Waals surface area contributed by atoms with Crippen LogP contribution in [0.5, 0.6) is 0 Å². The molecule has 2 N–H and O–H groups in total. The fraction of sp³-hybridized carbons (Fsp3) is 0.600. The molecule has 1 heterocycles. The maximum Gasteiger partial charge on any atom is 0.310 e. The summed E-state index contributed by atoms with van der Waals surface area (Å²) in [5.74, 6) is -1.56. The third kappa shape index (κ3) is 5.38. The van der Waals surface area contributed by atoms with Gasteiger partial charge in [0.15, 0.2) is 5.78 Å². The number of hydrogen-bond donors (Lipinski definition) is 2. The topological polar surface area (TPSA) is 77.8 Å². The Hall–Kier alpha value is -1.72. The van der Waals surface area contributed by atoms with Crippen molar-refractivity contribution in [2.45, 2.75) is 51.6 Å². The van der Waals surface area contributed by atoms with Crippen molar-refractivity contribution in [3.63, 3.8) is 0 Å². The Morgan fingerprint density at radius 1 is 1.20 bits per heavy atom. The number of aliphatic hydroxyl groups excluding tert-OH is 1. The molecule has 25 heavy (non-hydrogen) atoms. The molecule has 1 fully saturated rings. The summed E-state index contributed by atoms with van der Waals surface area (Å²) in [5, 5.41) is 18.9. The van der Waals surface area contributed by atoms with Crippen LogP contribution in [0.25, 0.3) is 0 Å². The van der Waals surface area contributed by atoms with Crippen molar-refractivity contribution in [1.29, 1.82) is 0 Å². The summed E-state index contributed by atoms with van der Waals surface area (Å²) in [7, 11) is 0. The van der Waals surface area contributed by atoms with E-state index in [9.17, 15) is 14.7 Å². The molecule has 0 saturated carbocycles. The highest BCUT2D eigenvalue weighted by Gasteiger charge is 2.32. The van der Waals surface area contributed by atoms with Crippen LogP contribution in [0.3, 0.4) is 0 Å². The molecule has 0 bridgehead atoms. The number of likely N-dealkylation sites (tertiary alicyclic amines) is 1. The van der Waals surface area contributed by atoms with Gasteiger partial charge in [-0.15, -0.1) is 0 Å². The van der Waals surface area contributed by atoms with Gasteiger partial charge < -0.3 is 15.1 Å². The first kappa shape index (κ1) is 19.6. The lowest BCUT2D eigenvalue weighted by Gasteiger charge is -2.33. The van der Waals surface area contributed by atoms with Crippen LogP contribution in [0.4, 0.5) is 0 Å². The SMILES string of the molecule is CC(C)(C)c1ccc(C(=O)CCCN2CC[C@@H](O)[C@@H](C(=O)O)C2)cc1. The number of carbonyl (C=O) groups is 2. The van der Waals surface area contributed by atoms with Crippen molar-refractivity contribution in [2.24, 2.45) is 5.92 Å². The average molecular weight is 347 g/mol. The molecule has 0 radical (unpaired) electrons. The molecule has 5 heteroatoms. The van der Waals surface area contributed by atoms with E-state index in [1.807, 2.05) is 29.2 Å². The molecule has 0 amide bonds. The summed E-state index contributed by atoms with van der Waals surface area (Å²) in [6.07, 6.45) is 0.851. The van der Waals surface area contributed by atoms with E-state index in [1.54, 1.807) is 0 Å². The highest BCUT2D eigenvalue weighted by atomic mass is 16.4. The second kappa shape index (κ2) is 8.11. The van der Waals surface area contributed by atoms with Gasteiger partial charge in [-0.1, -0.05) is 45.0 Å². The number of piperidine rings is 1. The van der Waals surface area contributed by atoms with Crippen molar-refractivity contribution in [1.82, 2.24) is 4.90 Å². The van der Waals surface area contributed by atoms with Crippen LogP contribution in [-0.4, -0.2) is 52.6 Å². The smallest absolute Gasteiger partial charge is 0.310 e. The zero-order chi connectivity index (χ0) is 18.6. The normalized spacial score (nSPS) is 21.9. The van der Waals surface area contributed by atoms with E-state index in [1.165, 1.54) is 5.56 Å². The Bertz CT molecular complexity index is 603. The minimum Gasteiger partial charge on any atom is -0.481 e. The third-order valence-electron chi connectivity index (χ3n) is 4.93. The molecule has 1 saturated heterocycles. The molecule has 0 unspecified atom stereocenters. The first-order chi connectivity index (χ1) is 11.7. The zero-order valence-corrected chi connectivity index (χ0v) is 15.4. The minimum absolute atomic E-state index is 0.0705. The summed E-state index contributed by atoms with van der Waals surface area (Å²) in [6, 6.07) is 7.80. The predicted molar refractivity (Wildman–Crippen MR) is 96.9 cm³/mol. The van der Waals surface area contributed by atoms with Gasteiger partial charge in [-0.3, -0.25) is 9.59 Å². The molecule has 138 valence electrons. The number of hydrogen-bond acceptors (Lipinski definition) is 4. The molecule has 2 rings (SSSR count). The minimum atomic E-state index is -0.952. The Balaban J connectivity index is 1.81. The number of Topliss-reactive ketones (excluding diaryl/α,β-unsaturated/α-hetero) is 1. The maximum atomic E-state index is 12.3. The Morgan fingerprint density at radius 3 is 2.40 bits per heavy atom. The first-order valence-corrected chi connectivity index (χ1v) is 8.95. The summed E-state index contributed by atoms with van der Waals surface area (Å²) in [5.41, 5.74) is 2.00. The van der Waals surface area contributed by atoms with Gasteiger partial charge in [-0.05, 0) is 30.4 Å². The molecule has 0 aromatic heterocycles. The van der Waals surface area contributed by atoms with Crippen LogP contribution in [0.1, 0.15) is 56.0 Å². The van der Waals surface area contributed by atoms with Crippen molar-refractivity contribution in [2.75, 3.05) is 19.6 Å². The molecule has 0 aliphatic carbocycles. The molecule has 1 aliphatic rings. The fourth-order valence-corrected chi connectivity index (χ4v) is 3.22. The van der Waals surface area contributed by atoms with Crippen molar-refractivity contribution in [3.8, 4) is 0 Å². The molecule has 1 aromatic rings. The van der Waals surface area contributed by atoms with Gasteiger partial charge in [0.1, 0.15) is 0 Å². The number of carbonyl (C=O) groups excluding carboxylic acids is 1. The summed E-state index contributed by atoms with van der Waals surface area (Å²) in [6.45, 7) is 8.14. The summed E-state index contributed by atoms with van der Waals surface area (Å²) in [4.78, 5) is 25.5. The quantitative estimate of drug-likeness (QED) is 0.774. The highest BCUT2D eigenvalue weighted by Crippen LogP contribution is 2.23. The number of nitrogens with zero attached hydrogens (tertiary/aromatic N) is 1. The van der Waals surface area contributed by atoms with E-state index >= 15 is 0 Å². The number of ketones is 1. The summed E-state index contributed by atoms with van der Waals surface area (Å²) >= 11 is 0. The summed E-state index contributed by atoms with van der Waals surface area (Å²) < 4.78 is 0. The predicted octanol–water partition coefficient (Wildman–Crippen LogP) is 2.71. The van der Waals surface area contributed by atoms with Gasteiger partial charge in [0.25, 0.3) is 0 Å². The molecule has 2 atom stereocenters. The lowest BCUT2D eigenvalue weighted by atomic mass is 9.86. The van der Waals surface area contributed by atoms with Crippen LogP contribution in [0, 0.1) is 5.92 Å². The zero-order valence-electron chi connectivity index (χ0n) is 15.4. The number of rotatable bonds is 6. The van der Waals surface area contributed by atoms with Gasteiger partial charge in [0.05, 0.1) is 12.0 Å². The lowest BCUT2D eigenvalue weighted by Crippen LogP contribution is -2.46. The van der Waals surface area contributed by atoms with Crippen LogP contribution < -0.4 is 0 Å². The Morgan fingerprint density at radius 2 is 1.84 bits per heavy atom. The molecule has 5 nitrogen and oxygen atoms in total. The Labute approximate surface area is 149 Å². The van der Waals surface area contributed by atoms with Crippen molar-refractivity contribution >= 4 is 11.8 Å². The van der Waals surface area contributed by atoms with Gasteiger partial charge in [0.2, 0.25) is 0 Å². The van der Waals surface area contributed by atoms with E-state index in [-0.39, 0.29) is 11.2 Å². The van der Waals surface area contributed by atoms with Crippen LogP contribution in [0.15, 0.2) is 24.3 Å². The maximum absolute atomic E-state index is 12.3. The molecule has 1 aliphatic heterocycles. The van der Waals surface area contributed by atoms with Crippen LogP contribution in [0.2, 0.25) is 0 Å². The number of carboxylic acid groups (broad SMARTS) is 1. The van der Waals surface area contributed by atoms with Gasteiger partial charge in [-0.2, -0.15) is 0 Å². The number of benzene rings is 1. The van der Waals surface area contributed by atoms with Crippen LogP contribution in [-0.2, 0) is 10.2 Å². The first-order valence-electron chi connectivity index (χ1n) is 8.95. The van der Waals surface area contributed by atoms with Crippen molar-refractivity contribution < 1.29 is 19.8 Å². The molecular formula is C20H29NO4. The average Bonchev–Trinajstić information content (AvgIpc) is 2.55. The number of aliphatic hydroxyl groups is 1. The largest absolute Gasteiger partial charge is 0.481 e. The van der Waals surface area contributed by atoms with Gasteiger partial charge in [-0.25, -0.2) is 0 Å². The van der Waals surface area contributed by atoms with E-state index in [0.29, 0.717) is 38.9 Å². The number of aliphatic carboxylic acids is 1. The molecule has 1 aromatic carbocycles. The highest BCUT2D eigenvalue weighted by molar-refractivity contribution is 5.96. The van der Waals surface area contributed by atoms with Gasteiger partial charge >= 0.3 is 5.97 Å². The van der Waals surface area contributed by atoms with E-state index in [4.69, 9.17) is 5.11 Å². The lowest BCUT2D eigenvalue weighted by molar-refractivity contribution is -0.148. The standard InChI is InChI=1S/C20H29NO4/c1-20(2,3)15-8-6-14(7-9-15)17(22)5-4-11-21-12-10-18(23)16(13-21)19(24)25/h6-9,16,18,23H,4-5,10-13H2,1-3H3,(H,24,25)/t16-,18+/m0/s1. The Kier molecular flexibility index (Phi) is 6.36. The van der Waals surface area contributed by atoms with E-state index < -0.39 is 18.0 Å². The van der Waals surface area contributed by atoms with Gasteiger partial charge in [0, 0.05) is 25.1 Å². The molecular weight excluding hydrogens is 318 g/mol. The number of carboxylic acids is 1. The fourth-order valence-electron chi connectivity index (χ4n) is 3.22. The second-order valence-corrected chi connectivity index (χ2v) is 7.96. The molecule has 0 spiro atoms. The third-order valence-corrected chi connectivity index (χ3v) is 4.93. The monoisotopic (exact) mass is 347 g/mol.